The van der Waals surface area contributed by atoms with Crippen molar-refractivity contribution in [3.05, 3.63) is 66.0 Å². The number of benzene rings is 2. The number of primary amides is 1. The highest BCUT2D eigenvalue weighted by Gasteiger charge is 2.26. The predicted octanol–water partition coefficient (Wildman–Crippen LogP) is 1.58. The minimum absolute atomic E-state index is 0.136. The summed E-state index contributed by atoms with van der Waals surface area (Å²) in [5, 5.41) is 2.17. The van der Waals surface area contributed by atoms with Gasteiger partial charge in [-0.3, -0.25) is 9.59 Å². The lowest BCUT2D eigenvalue weighted by Gasteiger charge is -2.16. The molecule has 0 aliphatic heterocycles. The van der Waals surface area contributed by atoms with Crippen molar-refractivity contribution in [2.75, 3.05) is 6.61 Å². The lowest BCUT2D eigenvalue weighted by atomic mass is 10.1. The summed E-state index contributed by atoms with van der Waals surface area (Å²) in [4.78, 5) is 47.2. The van der Waals surface area contributed by atoms with Crippen LogP contribution in [0, 0.1) is 5.82 Å². The van der Waals surface area contributed by atoms with E-state index in [1.54, 1.807) is 18.2 Å². The van der Waals surface area contributed by atoms with Crippen molar-refractivity contribution >= 4 is 23.8 Å². The number of amides is 2. The van der Waals surface area contributed by atoms with Crippen LogP contribution in [0.5, 0.6) is 5.75 Å². The minimum atomic E-state index is -1.44. The lowest BCUT2D eigenvalue weighted by Crippen LogP contribution is -2.45. The molecule has 3 N–H and O–H groups in total. The molecule has 2 aromatic rings. The fraction of sp³-hybridized carbons (Fsp3) is 0.158. The summed E-state index contributed by atoms with van der Waals surface area (Å²) >= 11 is 0. The maximum atomic E-state index is 12.9. The second kappa shape index (κ2) is 9.81. The van der Waals surface area contributed by atoms with E-state index in [-0.39, 0.29) is 11.3 Å². The van der Waals surface area contributed by atoms with E-state index in [4.69, 9.17) is 15.2 Å². The number of esters is 1. The molecule has 0 bridgehead atoms. The summed E-state index contributed by atoms with van der Waals surface area (Å²) in [6.07, 6.45) is -1.55. The number of rotatable bonds is 8. The summed E-state index contributed by atoms with van der Waals surface area (Å²) < 4.78 is 22.7. The second-order valence-corrected chi connectivity index (χ2v) is 5.61. The molecule has 1 atom stereocenters. The number of ketones is 1. The van der Waals surface area contributed by atoms with Gasteiger partial charge in [-0.15, -0.1) is 0 Å². The third-order valence-corrected chi connectivity index (χ3v) is 3.45. The van der Waals surface area contributed by atoms with Gasteiger partial charge >= 0.3 is 12.1 Å². The van der Waals surface area contributed by atoms with Gasteiger partial charge in [0, 0.05) is 5.56 Å². The van der Waals surface area contributed by atoms with Crippen LogP contribution < -0.4 is 15.8 Å². The van der Waals surface area contributed by atoms with Crippen LogP contribution in [0.4, 0.5) is 9.18 Å². The number of nitrogens with one attached hydrogen (secondary N) is 1. The highest BCUT2D eigenvalue weighted by Crippen LogP contribution is 2.09. The zero-order valence-electron chi connectivity index (χ0n) is 14.6. The standard InChI is InChI=1S/C19H17FN2O6/c20-13-8-6-12(7-9-13)16(23)11-27-18(25)15(10-17(21)24)22-19(26)28-14-4-2-1-3-5-14/h1-9,15H,10-11H2,(H2,21,24)(H,22,26)/t15-/m1/s1. The third kappa shape index (κ3) is 6.52. The zero-order chi connectivity index (χ0) is 20.5. The first kappa shape index (κ1) is 20.6. The van der Waals surface area contributed by atoms with Gasteiger partial charge in [0.25, 0.3) is 0 Å². The Morgan fingerprint density at radius 1 is 1.00 bits per heavy atom. The average Bonchev–Trinajstić information content (AvgIpc) is 2.66. The number of hydrogen-bond donors (Lipinski definition) is 2. The van der Waals surface area contributed by atoms with Crippen molar-refractivity contribution in [2.45, 2.75) is 12.5 Å². The Morgan fingerprint density at radius 3 is 2.25 bits per heavy atom. The van der Waals surface area contributed by atoms with Crippen LogP contribution in [0.25, 0.3) is 0 Å². The van der Waals surface area contributed by atoms with E-state index in [9.17, 15) is 23.6 Å². The van der Waals surface area contributed by atoms with Gasteiger partial charge in [-0.2, -0.15) is 0 Å². The molecule has 0 aromatic heterocycles. The number of carbonyl (C=O) groups is 4. The van der Waals surface area contributed by atoms with Gasteiger partial charge in [0.15, 0.2) is 12.4 Å². The van der Waals surface area contributed by atoms with E-state index in [0.717, 1.165) is 12.1 Å². The van der Waals surface area contributed by atoms with Gasteiger partial charge < -0.3 is 20.5 Å². The molecule has 0 unspecified atom stereocenters. The monoisotopic (exact) mass is 388 g/mol. The Balaban J connectivity index is 1.94. The number of nitrogens with two attached hydrogens (primary N) is 1. The SMILES string of the molecule is NC(=O)C[C@@H](NC(=O)Oc1ccccc1)C(=O)OCC(=O)c1ccc(F)cc1. The van der Waals surface area contributed by atoms with Crippen LogP contribution in [0.3, 0.4) is 0 Å². The highest BCUT2D eigenvalue weighted by atomic mass is 19.1. The Hall–Kier alpha value is -3.75. The second-order valence-electron chi connectivity index (χ2n) is 5.61. The van der Waals surface area contributed by atoms with E-state index in [0.29, 0.717) is 0 Å². The van der Waals surface area contributed by atoms with Crippen LogP contribution >= 0.6 is 0 Å². The van der Waals surface area contributed by atoms with Gasteiger partial charge in [-0.1, -0.05) is 18.2 Å². The van der Waals surface area contributed by atoms with Crippen molar-refractivity contribution in [3.8, 4) is 5.75 Å². The van der Waals surface area contributed by atoms with Crippen molar-refractivity contribution in [1.82, 2.24) is 5.32 Å². The number of para-hydroxylation sites is 1. The number of ether oxygens (including phenoxy) is 2. The average molecular weight is 388 g/mol. The summed E-state index contributed by atoms with van der Waals surface area (Å²) in [6.45, 7) is -0.658. The van der Waals surface area contributed by atoms with Crippen LogP contribution in [-0.2, 0) is 14.3 Å². The predicted molar refractivity (Wildman–Crippen MR) is 94.9 cm³/mol. The number of halogens is 1. The molecule has 146 valence electrons. The normalized spacial score (nSPS) is 11.2. The summed E-state index contributed by atoms with van der Waals surface area (Å²) in [7, 11) is 0. The van der Waals surface area contributed by atoms with E-state index < -0.39 is 48.6 Å². The number of Topliss-reactive ketones (excluding diaryl/α,β-unsaturated/α-hetero) is 1. The van der Waals surface area contributed by atoms with Gasteiger partial charge in [-0.05, 0) is 36.4 Å². The molecule has 2 aromatic carbocycles. The number of hydrogen-bond acceptors (Lipinski definition) is 6. The first-order valence-electron chi connectivity index (χ1n) is 8.12. The molecule has 2 amide bonds. The van der Waals surface area contributed by atoms with Crippen LogP contribution in [0.1, 0.15) is 16.8 Å². The third-order valence-electron chi connectivity index (χ3n) is 3.45. The van der Waals surface area contributed by atoms with Crippen LogP contribution in [-0.4, -0.2) is 36.4 Å². The number of carbonyl (C=O) groups excluding carboxylic acids is 4. The van der Waals surface area contributed by atoms with E-state index >= 15 is 0 Å². The molecular formula is C19H17FN2O6. The fourth-order valence-electron chi connectivity index (χ4n) is 2.12. The van der Waals surface area contributed by atoms with Crippen LogP contribution in [0.15, 0.2) is 54.6 Å². The Kier molecular flexibility index (Phi) is 7.21. The van der Waals surface area contributed by atoms with Crippen molar-refractivity contribution in [1.29, 1.82) is 0 Å². The molecule has 0 saturated heterocycles. The molecule has 0 heterocycles. The summed E-state index contributed by atoms with van der Waals surface area (Å²) in [5.41, 5.74) is 5.22. The van der Waals surface area contributed by atoms with Gasteiger partial charge in [0.05, 0.1) is 6.42 Å². The van der Waals surface area contributed by atoms with Gasteiger partial charge in [0.1, 0.15) is 17.6 Å². The van der Waals surface area contributed by atoms with E-state index in [1.807, 2.05) is 0 Å². The molecule has 0 aliphatic carbocycles. The molecule has 8 nitrogen and oxygen atoms in total. The topological polar surface area (TPSA) is 125 Å². The molecule has 9 heteroatoms. The fourth-order valence-corrected chi connectivity index (χ4v) is 2.12. The zero-order valence-corrected chi connectivity index (χ0v) is 14.6. The van der Waals surface area contributed by atoms with E-state index in [1.165, 1.54) is 24.3 Å². The molecule has 28 heavy (non-hydrogen) atoms. The summed E-state index contributed by atoms with van der Waals surface area (Å²) in [5.74, 6) is -2.79. The Morgan fingerprint density at radius 2 is 1.64 bits per heavy atom. The molecule has 0 radical (unpaired) electrons. The quantitative estimate of drug-likeness (QED) is 0.523. The molecule has 0 spiro atoms. The molecule has 0 saturated carbocycles. The Labute approximate surface area is 159 Å². The maximum absolute atomic E-state index is 12.9. The summed E-state index contributed by atoms with van der Waals surface area (Å²) in [6, 6.07) is 11.2. The lowest BCUT2D eigenvalue weighted by molar-refractivity contribution is -0.146. The smallest absolute Gasteiger partial charge is 0.413 e. The minimum Gasteiger partial charge on any atom is -0.456 e. The first-order chi connectivity index (χ1) is 13.3. The maximum Gasteiger partial charge on any atom is 0.413 e. The van der Waals surface area contributed by atoms with Gasteiger partial charge in [-0.25, -0.2) is 14.0 Å². The highest BCUT2D eigenvalue weighted by molar-refractivity contribution is 5.98. The van der Waals surface area contributed by atoms with E-state index in [2.05, 4.69) is 5.32 Å². The molecule has 0 fully saturated rings. The van der Waals surface area contributed by atoms with Crippen LogP contribution in [0.2, 0.25) is 0 Å². The molecule has 2 rings (SSSR count). The first-order valence-corrected chi connectivity index (χ1v) is 8.12. The van der Waals surface area contributed by atoms with Crippen molar-refractivity contribution < 1.29 is 33.0 Å². The van der Waals surface area contributed by atoms with Crippen molar-refractivity contribution in [3.63, 3.8) is 0 Å². The molecule has 0 aliphatic rings. The van der Waals surface area contributed by atoms with Crippen molar-refractivity contribution in [2.24, 2.45) is 5.73 Å². The Bertz CT molecular complexity index is 854. The largest absolute Gasteiger partial charge is 0.456 e. The molecular weight excluding hydrogens is 371 g/mol. The van der Waals surface area contributed by atoms with Gasteiger partial charge in [0.2, 0.25) is 5.91 Å².